The van der Waals surface area contributed by atoms with E-state index in [0.717, 1.165) is 17.6 Å². The number of benzene rings is 1. The summed E-state index contributed by atoms with van der Waals surface area (Å²) in [5, 5.41) is 4.59. The van der Waals surface area contributed by atoms with E-state index >= 15 is 0 Å². The zero-order chi connectivity index (χ0) is 13.9. The fourth-order valence-electron chi connectivity index (χ4n) is 3.00. The average molecular weight is 311 g/mol. The van der Waals surface area contributed by atoms with E-state index in [2.05, 4.69) is 29.3 Å². The van der Waals surface area contributed by atoms with Gasteiger partial charge in [0.05, 0.1) is 0 Å². The van der Waals surface area contributed by atoms with Crippen LogP contribution >= 0.6 is 23.4 Å². The molecule has 1 N–H and O–H groups in total. The molecular formula is C16H23ClN2S. The quantitative estimate of drug-likeness (QED) is 0.856. The molecular weight excluding hydrogens is 288 g/mol. The highest BCUT2D eigenvalue weighted by Gasteiger charge is 2.27. The van der Waals surface area contributed by atoms with Gasteiger partial charge >= 0.3 is 0 Å². The highest BCUT2D eigenvalue weighted by Crippen LogP contribution is 2.37. The Morgan fingerprint density at radius 1 is 1.35 bits per heavy atom. The van der Waals surface area contributed by atoms with Crippen LogP contribution in [0.3, 0.4) is 0 Å². The molecule has 1 heterocycles. The SMILES string of the molecule is CCN(CCNC1CCSc2ccc(Cl)cc21)C1CC1. The Bertz CT molecular complexity index is 462. The first kappa shape index (κ1) is 14.7. The minimum Gasteiger partial charge on any atom is -0.309 e. The van der Waals surface area contributed by atoms with Crippen molar-refractivity contribution in [1.82, 2.24) is 10.2 Å². The maximum Gasteiger partial charge on any atom is 0.0410 e. The van der Waals surface area contributed by atoms with Crippen LogP contribution in [0.2, 0.25) is 5.02 Å². The van der Waals surface area contributed by atoms with E-state index in [1.165, 1.54) is 48.6 Å². The van der Waals surface area contributed by atoms with Crippen molar-refractivity contribution in [3.8, 4) is 0 Å². The van der Waals surface area contributed by atoms with Crippen molar-refractivity contribution in [2.45, 2.75) is 43.2 Å². The van der Waals surface area contributed by atoms with Gasteiger partial charge in [-0.05, 0) is 55.3 Å². The molecule has 20 heavy (non-hydrogen) atoms. The van der Waals surface area contributed by atoms with E-state index in [0.29, 0.717) is 6.04 Å². The molecule has 110 valence electrons. The second-order valence-electron chi connectivity index (χ2n) is 5.69. The van der Waals surface area contributed by atoms with Crippen molar-refractivity contribution in [3.63, 3.8) is 0 Å². The third-order valence-corrected chi connectivity index (χ3v) is 5.63. The monoisotopic (exact) mass is 310 g/mol. The first-order valence-corrected chi connectivity index (χ1v) is 9.04. The Hall–Kier alpha value is -0.220. The highest BCUT2D eigenvalue weighted by atomic mass is 35.5. The van der Waals surface area contributed by atoms with Gasteiger partial charge in [-0.1, -0.05) is 18.5 Å². The second-order valence-corrected chi connectivity index (χ2v) is 7.26. The van der Waals surface area contributed by atoms with E-state index in [1.807, 2.05) is 17.8 Å². The minimum absolute atomic E-state index is 0.475. The van der Waals surface area contributed by atoms with Crippen molar-refractivity contribution >= 4 is 23.4 Å². The van der Waals surface area contributed by atoms with Gasteiger partial charge in [0.2, 0.25) is 0 Å². The molecule has 1 aliphatic heterocycles. The average Bonchev–Trinajstić information content (AvgIpc) is 3.28. The van der Waals surface area contributed by atoms with E-state index in [-0.39, 0.29) is 0 Å². The Balaban J connectivity index is 1.57. The molecule has 0 radical (unpaired) electrons. The number of fused-ring (bicyclic) bond motifs is 1. The summed E-state index contributed by atoms with van der Waals surface area (Å²) in [6, 6.07) is 7.65. The van der Waals surface area contributed by atoms with E-state index in [9.17, 15) is 0 Å². The lowest BCUT2D eigenvalue weighted by Gasteiger charge is -2.28. The first-order chi connectivity index (χ1) is 9.78. The van der Waals surface area contributed by atoms with Gasteiger partial charge in [-0.15, -0.1) is 11.8 Å². The molecule has 4 heteroatoms. The van der Waals surface area contributed by atoms with Gasteiger partial charge in [0.1, 0.15) is 0 Å². The summed E-state index contributed by atoms with van der Waals surface area (Å²) in [5.74, 6) is 1.20. The lowest BCUT2D eigenvalue weighted by Crippen LogP contribution is -2.35. The number of hydrogen-bond donors (Lipinski definition) is 1. The van der Waals surface area contributed by atoms with Crippen molar-refractivity contribution < 1.29 is 0 Å². The van der Waals surface area contributed by atoms with Crippen LogP contribution in [0, 0.1) is 0 Å². The molecule has 2 nitrogen and oxygen atoms in total. The predicted octanol–water partition coefficient (Wildman–Crippen LogP) is 3.95. The fourth-order valence-corrected chi connectivity index (χ4v) is 4.28. The number of nitrogens with one attached hydrogen (secondary N) is 1. The molecule has 1 atom stereocenters. The molecule has 1 unspecified atom stereocenters. The number of halogens is 1. The summed E-state index contributed by atoms with van der Waals surface area (Å²) in [7, 11) is 0. The van der Waals surface area contributed by atoms with Crippen molar-refractivity contribution in [2.75, 3.05) is 25.4 Å². The maximum absolute atomic E-state index is 6.15. The molecule has 0 bridgehead atoms. The molecule has 0 aromatic heterocycles. The summed E-state index contributed by atoms with van der Waals surface area (Å²) in [6.45, 7) is 5.69. The lowest BCUT2D eigenvalue weighted by atomic mass is 10.0. The first-order valence-electron chi connectivity index (χ1n) is 7.67. The van der Waals surface area contributed by atoms with Gasteiger partial charge in [0.25, 0.3) is 0 Å². The highest BCUT2D eigenvalue weighted by molar-refractivity contribution is 7.99. The summed E-state index contributed by atoms with van der Waals surface area (Å²) in [6.07, 6.45) is 3.99. The van der Waals surface area contributed by atoms with Crippen LogP contribution in [-0.4, -0.2) is 36.3 Å². The molecule has 1 aromatic rings. The number of likely N-dealkylation sites (N-methyl/N-ethyl adjacent to an activating group) is 1. The van der Waals surface area contributed by atoms with Crippen LogP contribution in [0.15, 0.2) is 23.1 Å². The van der Waals surface area contributed by atoms with Crippen LogP contribution in [-0.2, 0) is 0 Å². The number of nitrogens with zero attached hydrogens (tertiary/aromatic N) is 1. The third kappa shape index (κ3) is 3.51. The zero-order valence-corrected chi connectivity index (χ0v) is 13.6. The Labute approximate surface area is 131 Å². The zero-order valence-electron chi connectivity index (χ0n) is 12.1. The Kier molecular flexibility index (Phi) is 4.92. The topological polar surface area (TPSA) is 15.3 Å². The third-order valence-electron chi connectivity index (χ3n) is 4.27. The summed E-state index contributed by atoms with van der Waals surface area (Å²) in [5.41, 5.74) is 1.39. The Morgan fingerprint density at radius 3 is 2.95 bits per heavy atom. The normalized spacial score (nSPS) is 22.1. The Morgan fingerprint density at radius 2 is 2.20 bits per heavy atom. The molecule has 0 saturated heterocycles. The molecule has 2 aliphatic rings. The van der Waals surface area contributed by atoms with Crippen LogP contribution in [0.5, 0.6) is 0 Å². The molecule has 3 rings (SSSR count). The molecule has 0 spiro atoms. The number of rotatable bonds is 6. The van der Waals surface area contributed by atoms with E-state index in [1.54, 1.807) is 0 Å². The summed E-state index contributed by atoms with van der Waals surface area (Å²) < 4.78 is 0. The van der Waals surface area contributed by atoms with Gasteiger partial charge in [0.15, 0.2) is 0 Å². The van der Waals surface area contributed by atoms with Crippen LogP contribution in [0.1, 0.15) is 37.8 Å². The number of thioether (sulfide) groups is 1. The molecule has 1 aromatic carbocycles. The molecule has 1 saturated carbocycles. The van der Waals surface area contributed by atoms with Crippen LogP contribution in [0.25, 0.3) is 0 Å². The second kappa shape index (κ2) is 6.69. The van der Waals surface area contributed by atoms with Crippen molar-refractivity contribution in [2.24, 2.45) is 0 Å². The van der Waals surface area contributed by atoms with Gasteiger partial charge in [-0.3, -0.25) is 4.90 Å². The van der Waals surface area contributed by atoms with Crippen molar-refractivity contribution in [1.29, 1.82) is 0 Å². The van der Waals surface area contributed by atoms with Crippen LogP contribution in [0.4, 0.5) is 0 Å². The molecule has 1 aliphatic carbocycles. The summed E-state index contributed by atoms with van der Waals surface area (Å²) >= 11 is 8.10. The smallest absolute Gasteiger partial charge is 0.0410 e. The van der Waals surface area contributed by atoms with Gasteiger partial charge < -0.3 is 5.32 Å². The van der Waals surface area contributed by atoms with Crippen molar-refractivity contribution in [3.05, 3.63) is 28.8 Å². The standard InChI is InChI=1S/C16H23ClN2S/c1-2-19(13-4-5-13)9-8-18-15-7-10-20-16-6-3-12(17)11-14(15)16/h3,6,11,13,15,18H,2,4-5,7-10H2,1H3. The maximum atomic E-state index is 6.15. The predicted molar refractivity (Wildman–Crippen MR) is 87.8 cm³/mol. The minimum atomic E-state index is 0.475. The van der Waals surface area contributed by atoms with Crippen LogP contribution < -0.4 is 5.32 Å². The van der Waals surface area contributed by atoms with E-state index < -0.39 is 0 Å². The molecule has 0 amide bonds. The number of hydrogen-bond acceptors (Lipinski definition) is 3. The van der Waals surface area contributed by atoms with Gasteiger partial charge in [0, 0.05) is 35.1 Å². The summed E-state index contributed by atoms with van der Waals surface area (Å²) in [4.78, 5) is 4.00. The van der Waals surface area contributed by atoms with Gasteiger partial charge in [-0.25, -0.2) is 0 Å². The molecule has 1 fully saturated rings. The lowest BCUT2D eigenvalue weighted by molar-refractivity contribution is 0.271. The fraction of sp³-hybridized carbons (Fsp3) is 0.625. The van der Waals surface area contributed by atoms with E-state index in [4.69, 9.17) is 11.6 Å². The van der Waals surface area contributed by atoms with Gasteiger partial charge in [-0.2, -0.15) is 0 Å². The largest absolute Gasteiger partial charge is 0.309 e.